The summed E-state index contributed by atoms with van der Waals surface area (Å²) in [7, 11) is 0. The summed E-state index contributed by atoms with van der Waals surface area (Å²) >= 11 is 0. The van der Waals surface area contributed by atoms with Crippen molar-refractivity contribution in [3.05, 3.63) is 29.8 Å². The number of carboxylic acid groups (broad SMARTS) is 1. The van der Waals surface area contributed by atoms with E-state index in [1.807, 2.05) is 29.2 Å². The molecule has 1 aromatic rings. The third-order valence-corrected chi connectivity index (χ3v) is 10.0. The van der Waals surface area contributed by atoms with Crippen LogP contribution in [-0.2, 0) is 19.2 Å². The molecule has 5 atom stereocenters. The number of rotatable bonds is 8. The molecule has 5 rings (SSSR count). The van der Waals surface area contributed by atoms with Crippen molar-refractivity contribution in [2.75, 3.05) is 32.8 Å². The van der Waals surface area contributed by atoms with Gasteiger partial charge in [-0.3, -0.25) is 24.1 Å². The fraction of sp³-hybridized carbons (Fsp3) is 0.676. The number of nitrogens with zero attached hydrogens (tertiary/aromatic N) is 3. The van der Waals surface area contributed by atoms with E-state index in [0.717, 1.165) is 43.4 Å². The van der Waals surface area contributed by atoms with Crippen LogP contribution in [0, 0.1) is 11.8 Å². The molecule has 46 heavy (non-hydrogen) atoms. The molecular formula is C34H49N5O7. The zero-order valence-corrected chi connectivity index (χ0v) is 27.5. The van der Waals surface area contributed by atoms with Crippen LogP contribution in [0.5, 0.6) is 5.75 Å². The van der Waals surface area contributed by atoms with Crippen molar-refractivity contribution in [2.24, 2.45) is 11.8 Å². The van der Waals surface area contributed by atoms with E-state index in [4.69, 9.17) is 4.74 Å². The lowest BCUT2D eigenvalue weighted by Crippen LogP contribution is -2.66. The first-order chi connectivity index (χ1) is 21.8. The van der Waals surface area contributed by atoms with E-state index in [-0.39, 0.29) is 61.8 Å². The summed E-state index contributed by atoms with van der Waals surface area (Å²) in [6.45, 7) is 8.15. The molecule has 12 heteroatoms. The number of hydrogen-bond acceptors (Lipinski definition) is 7. The predicted octanol–water partition coefficient (Wildman–Crippen LogP) is 2.96. The summed E-state index contributed by atoms with van der Waals surface area (Å²) in [5.41, 5.74) is 0.181. The number of nitrogens with one attached hydrogen (secondary N) is 2. The van der Waals surface area contributed by atoms with Crippen molar-refractivity contribution >= 4 is 29.6 Å². The van der Waals surface area contributed by atoms with Crippen LogP contribution in [0.4, 0.5) is 4.79 Å². The van der Waals surface area contributed by atoms with Gasteiger partial charge in [-0.25, -0.2) is 4.79 Å². The molecule has 0 bridgehead atoms. The average molecular weight is 640 g/mol. The van der Waals surface area contributed by atoms with Gasteiger partial charge in [0.25, 0.3) is 0 Å². The first kappa shape index (κ1) is 33.7. The van der Waals surface area contributed by atoms with Gasteiger partial charge in [-0.15, -0.1) is 0 Å². The number of ketones is 1. The molecule has 3 fully saturated rings. The second kappa shape index (κ2) is 14.0. The Balaban J connectivity index is 1.38. The molecule has 0 unspecified atom stereocenters. The highest BCUT2D eigenvalue weighted by molar-refractivity contribution is 5.94. The summed E-state index contributed by atoms with van der Waals surface area (Å²) in [5.74, 6) is -1.00. The Morgan fingerprint density at radius 1 is 1.07 bits per heavy atom. The number of carbonyl (C=O) groups is 5. The number of para-hydroxylation sites is 1. The minimum absolute atomic E-state index is 0.0172. The van der Waals surface area contributed by atoms with Crippen molar-refractivity contribution in [2.45, 2.75) is 102 Å². The molecular weight excluding hydrogens is 590 g/mol. The highest BCUT2D eigenvalue weighted by Gasteiger charge is 2.47. The van der Waals surface area contributed by atoms with Gasteiger partial charge in [-0.05, 0) is 45.6 Å². The summed E-state index contributed by atoms with van der Waals surface area (Å²) in [4.78, 5) is 71.6. The van der Waals surface area contributed by atoms with E-state index in [0.29, 0.717) is 19.4 Å². The van der Waals surface area contributed by atoms with E-state index in [2.05, 4.69) is 10.6 Å². The van der Waals surface area contributed by atoms with Gasteiger partial charge in [0, 0.05) is 49.6 Å². The highest BCUT2D eigenvalue weighted by Crippen LogP contribution is 2.33. The third-order valence-electron chi connectivity index (χ3n) is 10.0. The molecule has 0 radical (unpaired) electrons. The van der Waals surface area contributed by atoms with Gasteiger partial charge in [0.05, 0.1) is 25.1 Å². The Morgan fingerprint density at radius 3 is 2.48 bits per heavy atom. The fourth-order valence-electron chi connectivity index (χ4n) is 7.43. The normalized spacial score (nSPS) is 25.0. The fourth-order valence-corrected chi connectivity index (χ4v) is 7.43. The number of carbonyl (C=O) groups excluding carboxylic acids is 4. The maximum Gasteiger partial charge on any atom is 0.407 e. The zero-order valence-electron chi connectivity index (χ0n) is 27.5. The van der Waals surface area contributed by atoms with Crippen LogP contribution in [0.1, 0.15) is 84.2 Å². The highest BCUT2D eigenvalue weighted by atomic mass is 16.5. The number of benzene rings is 1. The summed E-state index contributed by atoms with van der Waals surface area (Å²) in [5, 5.41) is 16.0. The summed E-state index contributed by atoms with van der Waals surface area (Å²) in [6.07, 6.45) is 4.27. The molecule has 252 valence electrons. The first-order valence-electron chi connectivity index (χ1n) is 16.7. The lowest BCUT2D eigenvalue weighted by molar-refractivity contribution is -0.150. The molecule has 3 heterocycles. The monoisotopic (exact) mass is 639 g/mol. The van der Waals surface area contributed by atoms with Crippen LogP contribution in [-0.4, -0.2) is 106 Å². The molecule has 4 aliphatic rings. The molecule has 1 aromatic carbocycles. The number of amides is 4. The van der Waals surface area contributed by atoms with Gasteiger partial charge in [-0.1, -0.05) is 44.4 Å². The second-order valence-electron chi connectivity index (χ2n) is 14.4. The third kappa shape index (κ3) is 7.48. The first-order valence-corrected chi connectivity index (χ1v) is 16.7. The number of fused-ring (bicyclic) bond motifs is 2. The smallest absolute Gasteiger partial charge is 0.407 e. The molecule has 12 nitrogen and oxygen atoms in total. The zero-order chi connectivity index (χ0) is 33.2. The van der Waals surface area contributed by atoms with E-state index in [1.165, 1.54) is 4.90 Å². The number of ether oxygens (including phenoxy) is 1. The number of hydrogen-bond donors (Lipinski definition) is 3. The van der Waals surface area contributed by atoms with Crippen molar-refractivity contribution in [1.82, 2.24) is 25.3 Å². The second-order valence-corrected chi connectivity index (χ2v) is 14.4. The molecule has 3 aliphatic heterocycles. The van der Waals surface area contributed by atoms with Gasteiger partial charge >= 0.3 is 6.09 Å². The molecule has 3 N–H and O–H groups in total. The predicted molar refractivity (Wildman–Crippen MR) is 170 cm³/mol. The Bertz CT molecular complexity index is 1320. The Morgan fingerprint density at radius 2 is 1.78 bits per heavy atom. The Labute approximate surface area is 271 Å². The summed E-state index contributed by atoms with van der Waals surface area (Å²) < 4.78 is 5.78. The molecule has 2 saturated heterocycles. The number of piperazine rings is 1. The number of Topliss-reactive ketones (excluding diaryl/α,β-unsaturated/α-hetero) is 1. The largest absolute Gasteiger partial charge is 0.493 e. The lowest BCUT2D eigenvalue weighted by atomic mass is 9.82. The van der Waals surface area contributed by atoms with Crippen LogP contribution in [0.2, 0.25) is 0 Å². The van der Waals surface area contributed by atoms with Crippen LogP contribution in [0.15, 0.2) is 24.3 Å². The molecule has 1 saturated carbocycles. The van der Waals surface area contributed by atoms with Crippen molar-refractivity contribution < 1.29 is 33.8 Å². The van der Waals surface area contributed by atoms with Gasteiger partial charge in [0.1, 0.15) is 23.6 Å². The van der Waals surface area contributed by atoms with E-state index in [1.54, 1.807) is 32.6 Å². The molecule has 4 amide bonds. The van der Waals surface area contributed by atoms with E-state index in [9.17, 15) is 29.1 Å². The summed E-state index contributed by atoms with van der Waals surface area (Å²) in [6, 6.07) is 5.44. The molecule has 0 aromatic heterocycles. The molecule has 0 spiro atoms. The van der Waals surface area contributed by atoms with Crippen molar-refractivity contribution in [1.29, 1.82) is 0 Å². The minimum Gasteiger partial charge on any atom is -0.493 e. The van der Waals surface area contributed by atoms with Gasteiger partial charge < -0.3 is 30.3 Å². The molecule has 1 aliphatic carbocycles. The van der Waals surface area contributed by atoms with E-state index < -0.39 is 35.5 Å². The van der Waals surface area contributed by atoms with E-state index >= 15 is 0 Å². The van der Waals surface area contributed by atoms with Crippen LogP contribution < -0.4 is 15.4 Å². The van der Waals surface area contributed by atoms with Crippen molar-refractivity contribution in [3.63, 3.8) is 0 Å². The lowest BCUT2D eigenvalue weighted by Gasteiger charge is -2.45. The topological polar surface area (TPSA) is 149 Å². The van der Waals surface area contributed by atoms with Gasteiger partial charge in [0.15, 0.2) is 0 Å². The van der Waals surface area contributed by atoms with Crippen molar-refractivity contribution in [3.8, 4) is 5.75 Å². The standard InChI is InChI=1S/C34H49N5O7/c1-21(17-39(33(44)45)34(2,3)4)30(41)36-29(22-10-6-5-7-11-22)32(43)38-18-23-16-24(40)19-37(23)20-27(38)31(42)35-26-14-15-46-28-13-9-8-12-25(26)28/h8-9,12-13,21-23,26-27,29H,5-7,10-11,14-20H2,1-4H3,(H,35,42)(H,36,41)(H,44,45)/t21-,23+,26+,27-,29-/m0/s1. The van der Waals surface area contributed by atoms with Crippen LogP contribution in [0.3, 0.4) is 0 Å². The maximum atomic E-state index is 14.6. The average Bonchev–Trinajstić information content (AvgIpc) is 3.40. The Kier molecular flexibility index (Phi) is 10.2. The quantitative estimate of drug-likeness (QED) is 0.393. The van der Waals surface area contributed by atoms with Gasteiger partial charge in [0.2, 0.25) is 17.7 Å². The maximum absolute atomic E-state index is 14.6. The SMILES string of the molecule is C[C@@H](CN(C(=O)O)C(C)(C)C)C(=O)N[C@H](C(=O)N1C[C@H]2CC(=O)CN2C[C@H]1C(=O)N[C@@H]1CCOc2ccccc21)C1CCCCC1. The minimum atomic E-state index is -1.11. The Hall–Kier alpha value is -3.67. The van der Waals surface area contributed by atoms with Crippen LogP contribution >= 0.6 is 0 Å². The van der Waals surface area contributed by atoms with Gasteiger partial charge in [-0.2, -0.15) is 0 Å². The van der Waals surface area contributed by atoms with Crippen LogP contribution in [0.25, 0.3) is 0 Å².